The summed E-state index contributed by atoms with van der Waals surface area (Å²) in [5.41, 5.74) is 1.19. The first-order chi connectivity index (χ1) is 7.66. The van der Waals surface area contributed by atoms with Crippen molar-refractivity contribution in [1.29, 1.82) is 0 Å². The molecule has 0 unspecified atom stereocenters. The maximum Gasteiger partial charge on any atom is 0.277 e. The SMILES string of the molecule is Cc1csc(NC(=O)c2ncccc2S)n1. The Morgan fingerprint density at radius 3 is 3.00 bits per heavy atom. The quantitative estimate of drug-likeness (QED) is 0.806. The number of thiazole rings is 1. The molecule has 1 amide bonds. The fraction of sp³-hybridized carbons (Fsp3) is 0.100. The van der Waals surface area contributed by atoms with Crippen molar-refractivity contribution in [3.05, 3.63) is 35.1 Å². The second-order valence-corrected chi connectivity index (χ2v) is 4.46. The van der Waals surface area contributed by atoms with Crippen molar-refractivity contribution in [3.63, 3.8) is 0 Å². The van der Waals surface area contributed by atoms with Crippen LogP contribution >= 0.6 is 24.0 Å². The number of hydrogen-bond donors (Lipinski definition) is 2. The van der Waals surface area contributed by atoms with Crippen molar-refractivity contribution < 1.29 is 4.79 Å². The van der Waals surface area contributed by atoms with Gasteiger partial charge in [-0.2, -0.15) is 0 Å². The topological polar surface area (TPSA) is 54.9 Å². The molecule has 2 aromatic heterocycles. The molecular weight excluding hydrogens is 242 g/mol. The molecule has 16 heavy (non-hydrogen) atoms. The number of aryl methyl sites for hydroxylation is 1. The molecule has 6 heteroatoms. The summed E-state index contributed by atoms with van der Waals surface area (Å²) in [7, 11) is 0. The molecule has 0 atom stereocenters. The highest BCUT2D eigenvalue weighted by Gasteiger charge is 2.12. The number of aromatic nitrogens is 2. The van der Waals surface area contributed by atoms with Crippen LogP contribution in [-0.2, 0) is 0 Å². The molecule has 0 aliphatic carbocycles. The van der Waals surface area contributed by atoms with Crippen molar-refractivity contribution in [1.82, 2.24) is 9.97 Å². The van der Waals surface area contributed by atoms with Crippen molar-refractivity contribution in [2.45, 2.75) is 11.8 Å². The van der Waals surface area contributed by atoms with Crippen LogP contribution in [0.15, 0.2) is 28.6 Å². The van der Waals surface area contributed by atoms with E-state index in [9.17, 15) is 4.79 Å². The maximum absolute atomic E-state index is 11.8. The smallest absolute Gasteiger partial charge is 0.277 e. The summed E-state index contributed by atoms with van der Waals surface area (Å²) in [4.78, 5) is 20.4. The largest absolute Gasteiger partial charge is 0.296 e. The number of thiol groups is 1. The van der Waals surface area contributed by atoms with E-state index in [1.165, 1.54) is 11.3 Å². The minimum atomic E-state index is -0.292. The Balaban J connectivity index is 2.18. The first-order valence-electron chi connectivity index (χ1n) is 4.54. The Hall–Kier alpha value is -1.40. The van der Waals surface area contributed by atoms with Crippen LogP contribution in [0.1, 0.15) is 16.2 Å². The van der Waals surface area contributed by atoms with Crippen LogP contribution in [0.3, 0.4) is 0 Å². The number of carbonyl (C=O) groups excluding carboxylic acids is 1. The molecule has 0 spiro atoms. The second-order valence-electron chi connectivity index (χ2n) is 3.12. The molecule has 0 aliphatic rings. The zero-order valence-electron chi connectivity index (χ0n) is 8.47. The van der Waals surface area contributed by atoms with Gasteiger partial charge in [-0.3, -0.25) is 10.1 Å². The molecule has 0 bridgehead atoms. The van der Waals surface area contributed by atoms with Gasteiger partial charge in [-0.05, 0) is 19.1 Å². The molecule has 2 rings (SSSR count). The predicted molar refractivity (Wildman–Crippen MR) is 66.3 cm³/mol. The van der Waals surface area contributed by atoms with E-state index in [4.69, 9.17) is 0 Å². The second kappa shape index (κ2) is 4.63. The highest BCUT2D eigenvalue weighted by atomic mass is 32.1. The number of nitrogens with zero attached hydrogens (tertiary/aromatic N) is 2. The van der Waals surface area contributed by atoms with E-state index in [1.54, 1.807) is 18.3 Å². The Bertz CT molecular complexity index is 524. The van der Waals surface area contributed by atoms with Gasteiger partial charge >= 0.3 is 0 Å². The van der Waals surface area contributed by atoms with Gasteiger partial charge in [0.1, 0.15) is 5.69 Å². The fourth-order valence-electron chi connectivity index (χ4n) is 1.14. The minimum Gasteiger partial charge on any atom is -0.296 e. The molecular formula is C10H9N3OS2. The third-order valence-corrected chi connectivity index (χ3v) is 3.08. The summed E-state index contributed by atoms with van der Waals surface area (Å²) < 4.78 is 0. The van der Waals surface area contributed by atoms with E-state index < -0.39 is 0 Å². The highest BCUT2D eigenvalue weighted by Crippen LogP contribution is 2.17. The van der Waals surface area contributed by atoms with Gasteiger partial charge in [-0.1, -0.05) is 0 Å². The molecule has 4 nitrogen and oxygen atoms in total. The third-order valence-electron chi connectivity index (χ3n) is 1.84. The van der Waals surface area contributed by atoms with Crippen LogP contribution in [0.4, 0.5) is 5.13 Å². The Morgan fingerprint density at radius 2 is 2.38 bits per heavy atom. The Morgan fingerprint density at radius 1 is 1.56 bits per heavy atom. The molecule has 0 saturated heterocycles. The lowest BCUT2D eigenvalue weighted by molar-refractivity contribution is 0.101. The van der Waals surface area contributed by atoms with Crippen LogP contribution in [0.5, 0.6) is 0 Å². The van der Waals surface area contributed by atoms with Gasteiger partial charge in [0.2, 0.25) is 0 Å². The zero-order chi connectivity index (χ0) is 11.5. The minimum absolute atomic E-state index is 0.292. The van der Waals surface area contributed by atoms with E-state index in [1.807, 2.05) is 12.3 Å². The van der Waals surface area contributed by atoms with Crippen molar-refractivity contribution in [3.8, 4) is 0 Å². The monoisotopic (exact) mass is 251 g/mol. The Labute approximate surface area is 102 Å². The number of amides is 1. The maximum atomic E-state index is 11.8. The van der Waals surface area contributed by atoms with Crippen molar-refractivity contribution >= 4 is 35.0 Å². The normalized spacial score (nSPS) is 10.1. The van der Waals surface area contributed by atoms with E-state index >= 15 is 0 Å². The molecule has 0 fully saturated rings. The molecule has 2 aromatic rings. The number of hydrogen-bond acceptors (Lipinski definition) is 5. The lowest BCUT2D eigenvalue weighted by atomic mass is 10.3. The van der Waals surface area contributed by atoms with Gasteiger partial charge in [-0.25, -0.2) is 9.97 Å². The van der Waals surface area contributed by atoms with E-state index in [0.29, 0.717) is 15.7 Å². The van der Waals surface area contributed by atoms with E-state index in [2.05, 4.69) is 27.9 Å². The predicted octanol–water partition coefficient (Wildman–Crippen LogP) is 2.39. The zero-order valence-corrected chi connectivity index (χ0v) is 10.2. The van der Waals surface area contributed by atoms with Gasteiger partial charge in [0.15, 0.2) is 5.13 Å². The van der Waals surface area contributed by atoms with Crippen molar-refractivity contribution in [2.24, 2.45) is 0 Å². The van der Waals surface area contributed by atoms with Crippen LogP contribution in [0, 0.1) is 6.92 Å². The van der Waals surface area contributed by atoms with Crippen molar-refractivity contribution in [2.75, 3.05) is 5.32 Å². The average Bonchev–Trinajstić information content (AvgIpc) is 2.64. The average molecular weight is 251 g/mol. The third kappa shape index (κ3) is 2.40. The first kappa shape index (κ1) is 11.1. The van der Waals surface area contributed by atoms with Gasteiger partial charge in [0, 0.05) is 16.5 Å². The molecule has 2 heterocycles. The molecule has 0 radical (unpaired) electrons. The van der Waals surface area contributed by atoms with E-state index in [0.717, 1.165) is 5.69 Å². The lowest BCUT2D eigenvalue weighted by Gasteiger charge is -2.02. The summed E-state index contributed by atoms with van der Waals surface area (Å²) in [5, 5.41) is 5.12. The number of nitrogens with one attached hydrogen (secondary N) is 1. The lowest BCUT2D eigenvalue weighted by Crippen LogP contribution is -2.14. The number of pyridine rings is 1. The molecule has 0 aliphatic heterocycles. The summed E-state index contributed by atoms with van der Waals surface area (Å²) in [5.74, 6) is -0.292. The summed E-state index contributed by atoms with van der Waals surface area (Å²) in [6, 6.07) is 3.45. The number of carbonyl (C=O) groups is 1. The molecule has 82 valence electrons. The van der Waals surface area contributed by atoms with Crippen LogP contribution < -0.4 is 5.32 Å². The van der Waals surface area contributed by atoms with Gasteiger partial charge in [0.05, 0.1) is 5.69 Å². The van der Waals surface area contributed by atoms with Gasteiger partial charge in [0.25, 0.3) is 5.91 Å². The number of anilines is 1. The number of rotatable bonds is 2. The van der Waals surface area contributed by atoms with Crippen LogP contribution in [0.25, 0.3) is 0 Å². The Kier molecular flexibility index (Phi) is 3.21. The van der Waals surface area contributed by atoms with Crippen LogP contribution in [0.2, 0.25) is 0 Å². The van der Waals surface area contributed by atoms with Gasteiger partial charge in [-0.15, -0.1) is 24.0 Å². The fourth-order valence-corrected chi connectivity index (χ4v) is 2.07. The van der Waals surface area contributed by atoms with Gasteiger partial charge < -0.3 is 0 Å². The molecule has 1 N–H and O–H groups in total. The summed E-state index contributed by atoms with van der Waals surface area (Å²) >= 11 is 5.55. The summed E-state index contributed by atoms with van der Waals surface area (Å²) in [6.45, 7) is 1.87. The molecule has 0 saturated carbocycles. The summed E-state index contributed by atoms with van der Waals surface area (Å²) in [6.07, 6.45) is 1.56. The van der Waals surface area contributed by atoms with E-state index in [-0.39, 0.29) is 5.91 Å². The molecule has 0 aromatic carbocycles. The highest BCUT2D eigenvalue weighted by molar-refractivity contribution is 7.80. The first-order valence-corrected chi connectivity index (χ1v) is 5.87. The van der Waals surface area contributed by atoms with Crippen LogP contribution in [-0.4, -0.2) is 15.9 Å². The standard InChI is InChI=1S/C10H9N3OS2/c1-6-5-16-10(12-6)13-9(14)8-7(15)3-2-4-11-8/h2-5,15H,1H3,(H,12,13,14).